The van der Waals surface area contributed by atoms with Gasteiger partial charge in [0.1, 0.15) is 5.60 Å². The van der Waals surface area contributed by atoms with Crippen LogP contribution in [0.5, 0.6) is 0 Å². The minimum atomic E-state index is -4.29. The van der Waals surface area contributed by atoms with Crippen LogP contribution in [0.2, 0.25) is 0 Å². The molecule has 1 rings (SSSR count). The highest BCUT2D eigenvalue weighted by atomic mass is 19.4. The molecule has 6 heteroatoms. The molecule has 1 radical (unpaired) electrons. The SMILES string of the molecule is CC(C)(C)OC(=O)Nc1[c]ccc(CC(F)(F)F)c1. The number of alkyl halides is 3. The summed E-state index contributed by atoms with van der Waals surface area (Å²) in [4.78, 5) is 11.4. The van der Waals surface area contributed by atoms with Crippen LogP contribution in [0.25, 0.3) is 0 Å². The van der Waals surface area contributed by atoms with E-state index in [-0.39, 0.29) is 11.3 Å². The molecule has 0 saturated heterocycles. The van der Waals surface area contributed by atoms with Crippen LogP contribution in [-0.4, -0.2) is 17.9 Å². The summed E-state index contributed by atoms with van der Waals surface area (Å²) in [6, 6.07) is 6.48. The number of rotatable bonds is 2. The zero-order valence-electron chi connectivity index (χ0n) is 10.9. The Labute approximate surface area is 109 Å². The topological polar surface area (TPSA) is 38.3 Å². The monoisotopic (exact) mass is 274 g/mol. The lowest BCUT2D eigenvalue weighted by atomic mass is 10.1. The fraction of sp³-hybridized carbons (Fsp3) is 0.462. The summed E-state index contributed by atoms with van der Waals surface area (Å²) in [5.41, 5.74) is -0.471. The molecule has 1 aromatic rings. The number of carbonyl (C=O) groups excluding carboxylic acids is 1. The van der Waals surface area contributed by atoms with Crippen molar-refractivity contribution in [3.05, 3.63) is 29.8 Å². The molecule has 0 spiro atoms. The highest BCUT2D eigenvalue weighted by Crippen LogP contribution is 2.22. The van der Waals surface area contributed by atoms with Gasteiger partial charge in [0.2, 0.25) is 0 Å². The second-order valence-corrected chi connectivity index (χ2v) is 5.03. The van der Waals surface area contributed by atoms with E-state index in [2.05, 4.69) is 11.4 Å². The third-order valence-electron chi connectivity index (χ3n) is 1.91. The third-order valence-corrected chi connectivity index (χ3v) is 1.91. The van der Waals surface area contributed by atoms with E-state index in [1.807, 2.05) is 0 Å². The molecule has 3 nitrogen and oxygen atoms in total. The molecular formula is C13H15F3NO2. The van der Waals surface area contributed by atoms with E-state index < -0.39 is 24.3 Å². The fourth-order valence-electron chi connectivity index (χ4n) is 1.34. The van der Waals surface area contributed by atoms with Gasteiger partial charge in [-0.2, -0.15) is 13.2 Å². The Bertz CT molecular complexity index is 450. The Morgan fingerprint density at radius 1 is 1.37 bits per heavy atom. The average molecular weight is 274 g/mol. The smallest absolute Gasteiger partial charge is 0.412 e. The molecule has 0 fully saturated rings. The highest BCUT2D eigenvalue weighted by molar-refractivity contribution is 5.84. The number of hydrogen-bond acceptors (Lipinski definition) is 2. The maximum absolute atomic E-state index is 12.2. The molecule has 0 atom stereocenters. The van der Waals surface area contributed by atoms with Gasteiger partial charge in [0.05, 0.1) is 12.1 Å². The van der Waals surface area contributed by atoms with Crippen molar-refractivity contribution in [3.63, 3.8) is 0 Å². The number of nitrogens with one attached hydrogen (secondary N) is 1. The summed E-state index contributed by atoms with van der Waals surface area (Å²) in [5.74, 6) is 0. The van der Waals surface area contributed by atoms with Crippen LogP contribution >= 0.6 is 0 Å². The van der Waals surface area contributed by atoms with Crippen LogP contribution < -0.4 is 5.32 Å². The molecule has 1 aromatic carbocycles. The molecule has 0 heterocycles. The van der Waals surface area contributed by atoms with Crippen LogP contribution in [0.3, 0.4) is 0 Å². The van der Waals surface area contributed by atoms with Gasteiger partial charge in [-0.05, 0) is 32.4 Å². The summed E-state index contributed by atoms with van der Waals surface area (Å²) in [6.45, 7) is 5.07. The predicted molar refractivity (Wildman–Crippen MR) is 64.9 cm³/mol. The standard InChI is InChI=1S/C13H15F3NO2/c1-12(2,3)19-11(18)17-10-6-4-5-9(7-10)8-13(14,15)16/h4-5,7H,8H2,1-3H3,(H,17,18). The number of ether oxygens (including phenoxy) is 1. The lowest BCUT2D eigenvalue weighted by Gasteiger charge is -2.19. The number of amides is 1. The van der Waals surface area contributed by atoms with E-state index in [0.717, 1.165) is 0 Å². The number of halogens is 3. The van der Waals surface area contributed by atoms with Gasteiger partial charge in [0, 0.05) is 6.07 Å². The summed E-state index contributed by atoms with van der Waals surface area (Å²) in [6.07, 6.45) is -6.07. The van der Waals surface area contributed by atoms with Crippen molar-refractivity contribution in [2.75, 3.05) is 5.32 Å². The molecule has 0 aliphatic rings. The Morgan fingerprint density at radius 2 is 2.00 bits per heavy atom. The molecule has 0 unspecified atom stereocenters. The molecule has 1 N–H and O–H groups in total. The zero-order chi connectivity index (χ0) is 14.7. The minimum Gasteiger partial charge on any atom is -0.444 e. The summed E-state index contributed by atoms with van der Waals surface area (Å²) in [7, 11) is 0. The second-order valence-electron chi connectivity index (χ2n) is 5.03. The molecule has 0 aliphatic carbocycles. The van der Waals surface area contributed by atoms with Gasteiger partial charge in [-0.25, -0.2) is 4.79 Å². The second kappa shape index (κ2) is 5.50. The van der Waals surface area contributed by atoms with Crippen LogP contribution in [0.4, 0.5) is 23.7 Å². The first kappa shape index (κ1) is 15.3. The molecule has 0 aliphatic heterocycles. The Morgan fingerprint density at radius 3 is 2.53 bits per heavy atom. The molecule has 0 aromatic heterocycles. The van der Waals surface area contributed by atoms with Gasteiger partial charge in [-0.15, -0.1) is 0 Å². The van der Waals surface area contributed by atoms with Crippen LogP contribution in [0.1, 0.15) is 26.3 Å². The van der Waals surface area contributed by atoms with Crippen molar-refractivity contribution >= 4 is 11.8 Å². The maximum atomic E-state index is 12.2. The molecule has 105 valence electrons. The van der Waals surface area contributed by atoms with E-state index in [1.165, 1.54) is 18.2 Å². The lowest BCUT2D eigenvalue weighted by molar-refractivity contribution is -0.127. The first-order chi connectivity index (χ1) is 8.55. The van der Waals surface area contributed by atoms with Crippen molar-refractivity contribution in [2.24, 2.45) is 0 Å². The van der Waals surface area contributed by atoms with Crippen molar-refractivity contribution in [1.29, 1.82) is 0 Å². The number of carbonyl (C=O) groups is 1. The number of anilines is 1. The molecule has 0 saturated carbocycles. The van der Waals surface area contributed by atoms with Crippen molar-refractivity contribution in [2.45, 2.75) is 39.0 Å². The summed E-state index contributed by atoms with van der Waals surface area (Å²) < 4.78 is 41.7. The predicted octanol–water partition coefficient (Wildman–Crippen LogP) is 3.94. The molecule has 19 heavy (non-hydrogen) atoms. The van der Waals surface area contributed by atoms with Crippen LogP contribution in [0, 0.1) is 6.07 Å². The zero-order valence-corrected chi connectivity index (χ0v) is 10.9. The number of benzene rings is 1. The van der Waals surface area contributed by atoms with Gasteiger partial charge >= 0.3 is 12.3 Å². The van der Waals surface area contributed by atoms with Crippen molar-refractivity contribution < 1.29 is 22.7 Å². The molecular weight excluding hydrogens is 259 g/mol. The van der Waals surface area contributed by atoms with Crippen molar-refractivity contribution in [3.8, 4) is 0 Å². The van der Waals surface area contributed by atoms with E-state index >= 15 is 0 Å². The Balaban J connectivity index is 2.70. The summed E-state index contributed by atoms with van der Waals surface area (Å²) >= 11 is 0. The largest absolute Gasteiger partial charge is 0.444 e. The van der Waals surface area contributed by atoms with E-state index in [0.29, 0.717) is 0 Å². The van der Waals surface area contributed by atoms with Gasteiger partial charge in [0.25, 0.3) is 0 Å². The minimum absolute atomic E-state index is 0.0531. The molecule has 0 bridgehead atoms. The normalized spacial score (nSPS) is 12.1. The summed E-state index contributed by atoms with van der Waals surface area (Å²) in [5, 5.41) is 2.34. The lowest BCUT2D eigenvalue weighted by Crippen LogP contribution is -2.27. The number of hydrogen-bond donors (Lipinski definition) is 1. The maximum Gasteiger partial charge on any atom is 0.412 e. The fourth-order valence-corrected chi connectivity index (χ4v) is 1.34. The highest BCUT2D eigenvalue weighted by Gasteiger charge is 2.27. The third kappa shape index (κ3) is 6.69. The first-order valence-corrected chi connectivity index (χ1v) is 5.62. The van der Waals surface area contributed by atoms with E-state index in [9.17, 15) is 18.0 Å². The van der Waals surface area contributed by atoms with Gasteiger partial charge < -0.3 is 4.74 Å². The van der Waals surface area contributed by atoms with Crippen LogP contribution in [-0.2, 0) is 11.2 Å². The Hall–Kier alpha value is -1.72. The Kier molecular flexibility index (Phi) is 4.44. The molecule has 1 amide bonds. The van der Waals surface area contributed by atoms with Crippen molar-refractivity contribution in [1.82, 2.24) is 0 Å². The van der Waals surface area contributed by atoms with Gasteiger partial charge in [-0.1, -0.05) is 12.1 Å². The quantitative estimate of drug-likeness (QED) is 0.887. The van der Waals surface area contributed by atoms with Crippen LogP contribution in [0.15, 0.2) is 18.2 Å². The first-order valence-electron chi connectivity index (χ1n) is 5.62. The average Bonchev–Trinajstić information content (AvgIpc) is 2.11. The van der Waals surface area contributed by atoms with E-state index in [1.54, 1.807) is 20.8 Å². The van der Waals surface area contributed by atoms with Gasteiger partial charge in [0.15, 0.2) is 0 Å². The van der Waals surface area contributed by atoms with Gasteiger partial charge in [-0.3, -0.25) is 5.32 Å². The van der Waals surface area contributed by atoms with E-state index in [4.69, 9.17) is 4.74 Å².